The molecular weight excluding hydrogens is 627 g/mol. The minimum atomic E-state index is -0.0613. The van der Waals surface area contributed by atoms with E-state index in [4.69, 9.17) is 0 Å². The molecule has 2 aliphatic rings. The molecule has 7 rings (SSSR count). The maximum atomic E-state index is 2.49. The number of hydrogen-bond donors (Lipinski definition) is 0. The third kappa shape index (κ3) is 6.66. The zero-order valence-electron chi connectivity index (χ0n) is 33.9. The van der Waals surface area contributed by atoms with Crippen molar-refractivity contribution in [2.45, 2.75) is 136 Å². The molecule has 0 aliphatic heterocycles. The second-order valence-corrected chi connectivity index (χ2v) is 19.4. The molecule has 0 N–H and O–H groups in total. The van der Waals surface area contributed by atoms with Crippen LogP contribution < -0.4 is 4.90 Å². The fraction of sp³-hybridized carbons (Fsp3) is 0.412. The summed E-state index contributed by atoms with van der Waals surface area (Å²) < 4.78 is 0. The van der Waals surface area contributed by atoms with Crippen molar-refractivity contribution in [2.24, 2.45) is 0 Å². The molecule has 0 spiro atoms. The molecule has 0 atom stereocenters. The van der Waals surface area contributed by atoms with E-state index in [1.165, 1.54) is 105 Å². The van der Waals surface area contributed by atoms with Crippen LogP contribution in [0.15, 0.2) is 103 Å². The Morgan fingerprint density at radius 2 is 1.04 bits per heavy atom. The van der Waals surface area contributed by atoms with E-state index < -0.39 is 0 Å². The highest BCUT2D eigenvalue weighted by molar-refractivity contribution is 5.86. The number of fused-ring (bicyclic) bond motifs is 3. The van der Waals surface area contributed by atoms with Crippen LogP contribution in [0.2, 0.25) is 0 Å². The molecule has 0 amide bonds. The zero-order valence-corrected chi connectivity index (χ0v) is 33.9. The average Bonchev–Trinajstić information content (AvgIpc) is 3.33. The smallest absolute Gasteiger partial charge is 0.0465 e. The quantitative estimate of drug-likeness (QED) is 0.178. The Balaban J connectivity index is 1.37. The van der Waals surface area contributed by atoms with Crippen molar-refractivity contribution in [3.05, 3.63) is 137 Å². The maximum Gasteiger partial charge on any atom is 0.0465 e. The second kappa shape index (κ2) is 13.1. The van der Waals surface area contributed by atoms with E-state index in [9.17, 15) is 0 Å². The highest BCUT2D eigenvalue weighted by Gasteiger charge is 2.36. The van der Waals surface area contributed by atoms with Gasteiger partial charge in [-0.2, -0.15) is 0 Å². The van der Waals surface area contributed by atoms with Crippen molar-refractivity contribution in [1.29, 1.82) is 0 Å². The Morgan fingerprint density at radius 3 is 1.60 bits per heavy atom. The summed E-state index contributed by atoms with van der Waals surface area (Å²) in [6.07, 6.45) is 6.71. The van der Waals surface area contributed by atoms with Gasteiger partial charge >= 0.3 is 0 Å². The van der Waals surface area contributed by atoms with Gasteiger partial charge in [0.2, 0.25) is 0 Å². The van der Waals surface area contributed by atoms with Gasteiger partial charge in [0, 0.05) is 22.5 Å². The van der Waals surface area contributed by atoms with Crippen molar-refractivity contribution in [1.82, 2.24) is 0 Å². The van der Waals surface area contributed by atoms with Crippen LogP contribution in [0.1, 0.15) is 148 Å². The predicted molar refractivity (Wildman–Crippen MR) is 226 cm³/mol. The van der Waals surface area contributed by atoms with Gasteiger partial charge in [-0.05, 0) is 127 Å². The topological polar surface area (TPSA) is 3.24 Å². The fourth-order valence-corrected chi connectivity index (χ4v) is 8.96. The lowest BCUT2D eigenvalue weighted by atomic mass is 9.71. The highest BCUT2D eigenvalue weighted by Crippen LogP contribution is 2.51. The lowest BCUT2D eigenvalue weighted by molar-refractivity contribution is 0.443. The molecule has 270 valence electrons. The predicted octanol–water partition coefficient (Wildman–Crippen LogP) is 15.1. The molecule has 0 saturated heterocycles. The molecule has 0 aromatic heterocycles. The molecule has 5 aromatic rings. The number of nitrogens with zero attached hydrogens (tertiary/aromatic N) is 1. The number of hydrogen-bond acceptors (Lipinski definition) is 1. The van der Waals surface area contributed by atoms with E-state index >= 15 is 0 Å². The molecule has 0 unspecified atom stereocenters. The summed E-state index contributed by atoms with van der Waals surface area (Å²) in [7, 11) is 0. The van der Waals surface area contributed by atoms with E-state index in [1.54, 1.807) is 0 Å². The van der Waals surface area contributed by atoms with E-state index in [-0.39, 0.29) is 21.7 Å². The van der Waals surface area contributed by atoms with Crippen LogP contribution >= 0.6 is 0 Å². The molecule has 5 aromatic carbocycles. The first-order chi connectivity index (χ1) is 24.4. The SMILES string of the molecule is CC(C)(C)c1cc(C(C)(C)C)c(-c2ccc(N(c3ccc(C4CCCCC4)cc3)c3ccc4c(c3)C(C)(C)c3ccccc3-4)cc2)c(C(C)(C)C)c1. The van der Waals surface area contributed by atoms with Gasteiger partial charge in [-0.15, -0.1) is 0 Å². The minimum absolute atomic E-state index is 0.00379. The second-order valence-electron chi connectivity index (χ2n) is 19.4. The average molecular weight is 688 g/mol. The molecule has 2 aliphatic carbocycles. The highest BCUT2D eigenvalue weighted by atomic mass is 15.1. The van der Waals surface area contributed by atoms with E-state index in [0.717, 1.165) is 0 Å². The minimum Gasteiger partial charge on any atom is -0.310 e. The third-order valence-electron chi connectivity index (χ3n) is 12.1. The van der Waals surface area contributed by atoms with Crippen LogP contribution in [0.4, 0.5) is 17.1 Å². The van der Waals surface area contributed by atoms with Gasteiger partial charge in [-0.25, -0.2) is 0 Å². The van der Waals surface area contributed by atoms with E-state index in [0.29, 0.717) is 5.92 Å². The van der Waals surface area contributed by atoms with Gasteiger partial charge in [0.15, 0.2) is 0 Å². The monoisotopic (exact) mass is 687 g/mol. The summed E-state index contributed by atoms with van der Waals surface area (Å²) in [5, 5.41) is 0. The van der Waals surface area contributed by atoms with Crippen LogP contribution in [0.3, 0.4) is 0 Å². The molecule has 1 heteroatoms. The van der Waals surface area contributed by atoms with Gasteiger partial charge in [-0.3, -0.25) is 0 Å². The third-order valence-corrected chi connectivity index (χ3v) is 12.1. The lowest BCUT2D eigenvalue weighted by Gasteiger charge is -2.34. The van der Waals surface area contributed by atoms with Gasteiger partial charge in [0.1, 0.15) is 0 Å². The summed E-state index contributed by atoms with van der Waals surface area (Å²) in [4.78, 5) is 2.48. The Bertz CT molecular complexity index is 2030. The Labute approximate surface area is 315 Å². The summed E-state index contributed by atoms with van der Waals surface area (Å²) in [6.45, 7) is 26.0. The first kappa shape index (κ1) is 36.3. The largest absolute Gasteiger partial charge is 0.310 e. The Hall–Kier alpha value is -4.10. The van der Waals surface area contributed by atoms with Crippen molar-refractivity contribution < 1.29 is 0 Å². The first-order valence-corrected chi connectivity index (χ1v) is 19.9. The van der Waals surface area contributed by atoms with Crippen LogP contribution in [-0.4, -0.2) is 0 Å². The maximum absolute atomic E-state index is 2.49. The fourth-order valence-electron chi connectivity index (χ4n) is 8.96. The Kier molecular flexibility index (Phi) is 9.13. The zero-order chi connectivity index (χ0) is 37.2. The van der Waals surface area contributed by atoms with Crippen molar-refractivity contribution >= 4 is 17.1 Å². The molecule has 1 fully saturated rings. The normalized spacial score (nSPS) is 16.1. The summed E-state index contributed by atoms with van der Waals surface area (Å²) >= 11 is 0. The molecule has 52 heavy (non-hydrogen) atoms. The standard InChI is InChI=1S/C51H61N/c1-48(2,3)37-31-45(49(4,5)6)47(46(32-37)50(7,8)9)36-23-27-39(28-24-36)52(38-25-21-35(22-26-38)34-17-13-12-14-18-34)40-29-30-42-41-19-15-16-20-43(41)51(10,11)44(42)33-40/h15-16,19-34H,12-14,17-18H2,1-11H3. The van der Waals surface area contributed by atoms with Crippen LogP contribution in [0, 0.1) is 0 Å². The molecule has 0 heterocycles. The Morgan fingerprint density at radius 1 is 0.519 bits per heavy atom. The van der Waals surface area contributed by atoms with Gasteiger partial charge in [-0.1, -0.05) is 162 Å². The number of benzene rings is 5. The van der Waals surface area contributed by atoms with Crippen molar-refractivity contribution in [3.63, 3.8) is 0 Å². The van der Waals surface area contributed by atoms with Crippen LogP contribution in [-0.2, 0) is 21.7 Å². The molecule has 1 saturated carbocycles. The summed E-state index contributed by atoms with van der Waals surface area (Å²) in [5.41, 5.74) is 17.6. The van der Waals surface area contributed by atoms with Gasteiger partial charge in [0.05, 0.1) is 0 Å². The van der Waals surface area contributed by atoms with E-state index in [2.05, 4.69) is 184 Å². The van der Waals surface area contributed by atoms with Crippen LogP contribution in [0.5, 0.6) is 0 Å². The van der Waals surface area contributed by atoms with Gasteiger partial charge < -0.3 is 4.90 Å². The van der Waals surface area contributed by atoms with Crippen LogP contribution in [0.25, 0.3) is 22.3 Å². The van der Waals surface area contributed by atoms with E-state index in [1.807, 2.05) is 0 Å². The van der Waals surface area contributed by atoms with Crippen molar-refractivity contribution in [3.8, 4) is 22.3 Å². The van der Waals surface area contributed by atoms with Crippen molar-refractivity contribution in [2.75, 3.05) is 4.90 Å². The van der Waals surface area contributed by atoms with Gasteiger partial charge in [0.25, 0.3) is 0 Å². The molecule has 1 nitrogen and oxygen atoms in total. The summed E-state index contributed by atoms with van der Waals surface area (Å²) in [6, 6.07) is 40.1. The first-order valence-electron chi connectivity index (χ1n) is 19.9. The number of rotatable bonds is 5. The molecular formula is C51H61N. The molecule has 0 radical (unpaired) electrons. The lowest BCUT2D eigenvalue weighted by Crippen LogP contribution is -2.23. The number of anilines is 3. The molecule has 0 bridgehead atoms. The summed E-state index contributed by atoms with van der Waals surface area (Å²) in [5.74, 6) is 0.688.